The third-order valence-corrected chi connectivity index (χ3v) is 3.47. The van der Waals surface area contributed by atoms with E-state index in [1.165, 1.54) is 0 Å². The van der Waals surface area contributed by atoms with Crippen molar-refractivity contribution in [2.75, 3.05) is 5.73 Å². The first-order valence-electron chi connectivity index (χ1n) is 5.35. The van der Waals surface area contributed by atoms with Crippen LogP contribution in [0, 0.1) is 0 Å². The molecule has 6 heteroatoms. The number of rotatable bonds is 2. The molecule has 1 fully saturated rings. The Morgan fingerprint density at radius 2 is 2.06 bits per heavy atom. The lowest BCUT2D eigenvalue weighted by atomic mass is 10.2. The van der Waals surface area contributed by atoms with Crippen LogP contribution in [-0.4, -0.2) is 19.9 Å². The van der Waals surface area contributed by atoms with Gasteiger partial charge < -0.3 is 5.73 Å². The van der Waals surface area contributed by atoms with Gasteiger partial charge in [-0.15, -0.1) is 0 Å². The summed E-state index contributed by atoms with van der Waals surface area (Å²) in [6.45, 7) is 0. The molecule has 0 unspecified atom stereocenters. The minimum Gasteiger partial charge on any atom is -0.383 e. The van der Waals surface area contributed by atoms with Gasteiger partial charge in [0.05, 0.1) is 16.4 Å². The summed E-state index contributed by atoms with van der Waals surface area (Å²) in [7, 11) is 0. The fourth-order valence-corrected chi connectivity index (χ4v) is 2.14. The Morgan fingerprint density at radius 3 is 2.71 bits per heavy atom. The third-order valence-electron chi connectivity index (χ3n) is 2.66. The zero-order chi connectivity index (χ0) is 11.8. The molecule has 3 rings (SSSR count). The maximum atomic E-state index is 5.88. The third kappa shape index (κ3) is 2.00. The number of nitrogens with zero attached hydrogens (tertiary/aromatic N) is 4. The molecular weight excluding hydrogens is 282 g/mol. The van der Waals surface area contributed by atoms with Crippen molar-refractivity contribution in [3.05, 3.63) is 28.8 Å². The van der Waals surface area contributed by atoms with Crippen LogP contribution in [0.25, 0.3) is 11.5 Å². The molecule has 0 aromatic carbocycles. The highest BCUT2D eigenvalue weighted by atomic mass is 79.9. The molecule has 0 bridgehead atoms. The highest BCUT2D eigenvalue weighted by molar-refractivity contribution is 9.10. The van der Waals surface area contributed by atoms with Crippen molar-refractivity contribution in [2.24, 2.45) is 0 Å². The van der Waals surface area contributed by atoms with Gasteiger partial charge in [0, 0.05) is 18.3 Å². The second-order valence-corrected chi connectivity index (χ2v) is 4.79. The molecule has 0 amide bonds. The summed E-state index contributed by atoms with van der Waals surface area (Å²) in [5.41, 5.74) is 7.51. The van der Waals surface area contributed by atoms with E-state index in [0.717, 1.165) is 23.0 Å². The van der Waals surface area contributed by atoms with E-state index < -0.39 is 0 Å². The van der Waals surface area contributed by atoms with Crippen molar-refractivity contribution in [1.29, 1.82) is 0 Å². The van der Waals surface area contributed by atoms with E-state index in [2.05, 4.69) is 35.9 Å². The Kier molecular flexibility index (Phi) is 2.51. The summed E-state index contributed by atoms with van der Waals surface area (Å²) >= 11 is 3.44. The number of nitrogens with two attached hydrogens (primary N) is 1. The van der Waals surface area contributed by atoms with Crippen LogP contribution in [0.4, 0.5) is 5.82 Å². The average Bonchev–Trinajstić information content (AvgIpc) is 3.18. The van der Waals surface area contributed by atoms with Crippen LogP contribution >= 0.6 is 15.9 Å². The van der Waals surface area contributed by atoms with E-state index in [4.69, 9.17) is 5.73 Å². The number of halogens is 1. The Hall–Kier alpha value is -1.56. The molecule has 0 saturated heterocycles. The molecular formula is C11H10BrN5. The van der Waals surface area contributed by atoms with Crippen LogP contribution < -0.4 is 5.73 Å². The van der Waals surface area contributed by atoms with Crippen LogP contribution in [0.5, 0.6) is 0 Å². The maximum Gasteiger partial charge on any atom is 0.182 e. The SMILES string of the molecule is Nc1nc(-c2cnccn2)nc(C2CC2)c1Br. The Bertz CT molecular complexity index is 553. The normalized spacial score (nSPS) is 14.9. The van der Waals surface area contributed by atoms with Crippen molar-refractivity contribution in [1.82, 2.24) is 19.9 Å². The summed E-state index contributed by atoms with van der Waals surface area (Å²) in [6, 6.07) is 0. The van der Waals surface area contributed by atoms with Gasteiger partial charge in [-0.25, -0.2) is 15.0 Å². The quantitative estimate of drug-likeness (QED) is 0.917. The van der Waals surface area contributed by atoms with Gasteiger partial charge in [0.15, 0.2) is 5.82 Å². The lowest BCUT2D eigenvalue weighted by molar-refractivity contribution is 0.975. The lowest BCUT2D eigenvalue weighted by Gasteiger charge is -2.07. The van der Waals surface area contributed by atoms with E-state index in [0.29, 0.717) is 23.3 Å². The molecule has 2 aromatic heterocycles. The fourth-order valence-electron chi connectivity index (χ4n) is 1.64. The predicted octanol–water partition coefficient (Wildman–Crippen LogP) is 2.16. The minimum atomic E-state index is 0.461. The second kappa shape index (κ2) is 4.03. The highest BCUT2D eigenvalue weighted by Crippen LogP contribution is 2.43. The molecule has 86 valence electrons. The molecule has 17 heavy (non-hydrogen) atoms. The van der Waals surface area contributed by atoms with Gasteiger partial charge in [0.1, 0.15) is 11.5 Å². The van der Waals surface area contributed by atoms with Crippen molar-refractivity contribution in [3.8, 4) is 11.5 Å². The van der Waals surface area contributed by atoms with Crippen molar-refractivity contribution < 1.29 is 0 Å². The monoisotopic (exact) mass is 291 g/mol. The highest BCUT2D eigenvalue weighted by Gasteiger charge is 2.29. The van der Waals surface area contributed by atoms with E-state index in [-0.39, 0.29) is 0 Å². The molecule has 0 radical (unpaired) electrons. The molecule has 2 heterocycles. The molecule has 2 aromatic rings. The summed E-state index contributed by atoms with van der Waals surface area (Å²) in [4.78, 5) is 16.9. The van der Waals surface area contributed by atoms with Gasteiger partial charge in [-0.1, -0.05) is 0 Å². The molecule has 0 atom stereocenters. The van der Waals surface area contributed by atoms with Crippen LogP contribution in [0.2, 0.25) is 0 Å². The number of hydrogen-bond acceptors (Lipinski definition) is 5. The Balaban J connectivity index is 2.12. The van der Waals surface area contributed by atoms with Gasteiger partial charge in [0.2, 0.25) is 0 Å². The van der Waals surface area contributed by atoms with Crippen LogP contribution in [-0.2, 0) is 0 Å². The topological polar surface area (TPSA) is 77.6 Å². The summed E-state index contributed by atoms with van der Waals surface area (Å²) in [5, 5.41) is 0. The number of hydrogen-bond donors (Lipinski definition) is 1. The molecule has 1 aliphatic rings. The first-order chi connectivity index (χ1) is 8.25. The smallest absolute Gasteiger partial charge is 0.182 e. The van der Waals surface area contributed by atoms with Gasteiger partial charge in [-0.05, 0) is 28.8 Å². The number of aromatic nitrogens is 4. The van der Waals surface area contributed by atoms with Gasteiger partial charge in [-0.3, -0.25) is 4.98 Å². The zero-order valence-corrected chi connectivity index (χ0v) is 10.6. The van der Waals surface area contributed by atoms with Crippen LogP contribution in [0.1, 0.15) is 24.5 Å². The van der Waals surface area contributed by atoms with Crippen molar-refractivity contribution in [2.45, 2.75) is 18.8 Å². The molecule has 0 spiro atoms. The average molecular weight is 292 g/mol. The zero-order valence-electron chi connectivity index (χ0n) is 8.97. The van der Waals surface area contributed by atoms with Crippen LogP contribution in [0.15, 0.2) is 23.1 Å². The number of nitrogen functional groups attached to an aromatic ring is 1. The summed E-state index contributed by atoms with van der Waals surface area (Å²) in [6.07, 6.45) is 7.20. The molecule has 5 nitrogen and oxygen atoms in total. The van der Waals surface area contributed by atoms with Gasteiger partial charge in [0.25, 0.3) is 0 Å². The molecule has 2 N–H and O–H groups in total. The van der Waals surface area contributed by atoms with Gasteiger partial charge in [-0.2, -0.15) is 0 Å². The van der Waals surface area contributed by atoms with E-state index in [9.17, 15) is 0 Å². The first-order valence-corrected chi connectivity index (χ1v) is 6.14. The largest absolute Gasteiger partial charge is 0.383 e. The van der Waals surface area contributed by atoms with Crippen molar-refractivity contribution in [3.63, 3.8) is 0 Å². The molecule has 0 aliphatic heterocycles. The Morgan fingerprint density at radius 1 is 1.24 bits per heavy atom. The van der Waals surface area contributed by atoms with Gasteiger partial charge >= 0.3 is 0 Å². The minimum absolute atomic E-state index is 0.461. The second-order valence-electron chi connectivity index (χ2n) is 4.00. The van der Waals surface area contributed by atoms with Crippen molar-refractivity contribution >= 4 is 21.7 Å². The fraction of sp³-hybridized carbons (Fsp3) is 0.273. The van der Waals surface area contributed by atoms with E-state index in [1.807, 2.05) is 0 Å². The first kappa shape index (κ1) is 10.6. The standard InChI is InChI=1S/C11H10BrN5/c12-8-9(6-1-2-6)16-11(17-10(8)13)7-5-14-3-4-15-7/h3-6H,1-2H2,(H2,13,16,17). The molecule has 1 aliphatic carbocycles. The number of anilines is 1. The van der Waals surface area contributed by atoms with Crippen LogP contribution in [0.3, 0.4) is 0 Å². The summed E-state index contributed by atoms with van der Waals surface area (Å²) in [5.74, 6) is 1.51. The summed E-state index contributed by atoms with van der Waals surface area (Å²) < 4.78 is 0.813. The molecule has 1 saturated carbocycles. The van der Waals surface area contributed by atoms with E-state index >= 15 is 0 Å². The van der Waals surface area contributed by atoms with E-state index in [1.54, 1.807) is 18.6 Å². The Labute approximate surface area is 107 Å². The lowest BCUT2D eigenvalue weighted by Crippen LogP contribution is -2.03. The predicted molar refractivity (Wildman–Crippen MR) is 67.1 cm³/mol. The maximum absolute atomic E-state index is 5.88.